The molecule has 1 saturated heterocycles. The van der Waals surface area contributed by atoms with E-state index in [1.54, 1.807) is 11.4 Å². The standard InChI is InChI=1S/C18H18F4N6/c1-10-23-15-12-7-11-9-17(19,20)18(21,22)13(11)8-14(12)24-16(28(15)25-10)27-5-3-26(2)4-6-27/h7-8H,3-6,9H2,1-2H3. The summed E-state index contributed by atoms with van der Waals surface area (Å²) in [4.78, 5) is 13.1. The molecule has 6 nitrogen and oxygen atoms in total. The Bertz CT molecular complexity index is 1100. The molecule has 0 atom stereocenters. The van der Waals surface area contributed by atoms with Crippen LogP contribution in [-0.2, 0) is 12.3 Å². The van der Waals surface area contributed by atoms with Gasteiger partial charge < -0.3 is 9.80 Å². The highest BCUT2D eigenvalue weighted by molar-refractivity contribution is 5.94. The molecular weight excluding hydrogens is 376 g/mol. The van der Waals surface area contributed by atoms with Crippen molar-refractivity contribution in [2.24, 2.45) is 0 Å². The second kappa shape index (κ2) is 5.53. The second-order valence-corrected chi connectivity index (χ2v) is 7.58. The molecule has 2 aromatic heterocycles. The van der Waals surface area contributed by atoms with Crippen molar-refractivity contribution in [3.63, 3.8) is 0 Å². The van der Waals surface area contributed by atoms with Crippen molar-refractivity contribution in [3.8, 4) is 0 Å². The van der Waals surface area contributed by atoms with Crippen molar-refractivity contribution in [1.82, 2.24) is 24.5 Å². The largest absolute Gasteiger partial charge is 0.338 e. The number of hydrogen-bond donors (Lipinski definition) is 0. The maximum atomic E-state index is 14.2. The van der Waals surface area contributed by atoms with E-state index < -0.39 is 23.8 Å². The average molecular weight is 394 g/mol. The van der Waals surface area contributed by atoms with E-state index in [-0.39, 0.29) is 11.1 Å². The third-order valence-corrected chi connectivity index (χ3v) is 5.58. The molecule has 5 rings (SSSR count). The lowest BCUT2D eigenvalue weighted by atomic mass is 10.1. The Morgan fingerprint density at radius 1 is 1.00 bits per heavy atom. The predicted octanol–water partition coefficient (Wildman–Crippen LogP) is 2.62. The van der Waals surface area contributed by atoms with Crippen LogP contribution in [0.2, 0.25) is 0 Å². The number of likely N-dealkylation sites (N-methyl/N-ethyl adjacent to an activating group) is 1. The number of nitrogens with zero attached hydrogens (tertiary/aromatic N) is 6. The summed E-state index contributed by atoms with van der Waals surface area (Å²) in [7, 11) is 2.02. The van der Waals surface area contributed by atoms with Gasteiger partial charge in [0.1, 0.15) is 5.82 Å². The fourth-order valence-corrected chi connectivity index (χ4v) is 3.99. The van der Waals surface area contributed by atoms with Gasteiger partial charge in [0.2, 0.25) is 5.95 Å². The van der Waals surface area contributed by atoms with Gasteiger partial charge in [-0.2, -0.15) is 22.1 Å². The topological polar surface area (TPSA) is 49.6 Å². The Morgan fingerprint density at radius 2 is 1.71 bits per heavy atom. The minimum Gasteiger partial charge on any atom is -0.338 e. The van der Waals surface area contributed by atoms with E-state index in [0.29, 0.717) is 35.9 Å². The van der Waals surface area contributed by atoms with E-state index in [1.807, 2.05) is 11.9 Å². The first-order valence-electron chi connectivity index (χ1n) is 9.07. The van der Waals surface area contributed by atoms with Gasteiger partial charge in [-0.3, -0.25) is 0 Å². The first-order chi connectivity index (χ1) is 13.2. The summed E-state index contributed by atoms with van der Waals surface area (Å²) in [5.41, 5.74) is -0.0515. The number of fused-ring (bicyclic) bond motifs is 4. The summed E-state index contributed by atoms with van der Waals surface area (Å²) < 4.78 is 57.8. The highest BCUT2D eigenvalue weighted by Gasteiger charge is 2.63. The molecule has 0 bridgehead atoms. The van der Waals surface area contributed by atoms with Crippen LogP contribution >= 0.6 is 0 Å². The van der Waals surface area contributed by atoms with Crippen LogP contribution in [0, 0.1) is 6.92 Å². The number of halogens is 4. The molecule has 0 radical (unpaired) electrons. The van der Waals surface area contributed by atoms with Gasteiger partial charge in [-0.25, -0.2) is 9.97 Å². The first-order valence-corrected chi connectivity index (χ1v) is 9.07. The van der Waals surface area contributed by atoms with Crippen LogP contribution in [0.15, 0.2) is 12.1 Å². The van der Waals surface area contributed by atoms with E-state index in [0.717, 1.165) is 19.2 Å². The lowest BCUT2D eigenvalue weighted by Crippen LogP contribution is -2.45. The minimum absolute atomic E-state index is 0.0702. The zero-order chi connectivity index (χ0) is 19.8. The molecule has 3 heterocycles. The molecule has 1 aliphatic heterocycles. The van der Waals surface area contributed by atoms with Gasteiger partial charge in [-0.15, -0.1) is 5.10 Å². The Labute approximate surface area is 157 Å². The van der Waals surface area contributed by atoms with Crippen molar-refractivity contribution in [3.05, 3.63) is 29.1 Å². The Morgan fingerprint density at radius 3 is 2.43 bits per heavy atom. The Hall–Kier alpha value is -2.49. The van der Waals surface area contributed by atoms with Crippen LogP contribution in [0.3, 0.4) is 0 Å². The maximum Gasteiger partial charge on any atom is 0.336 e. The highest BCUT2D eigenvalue weighted by atomic mass is 19.3. The molecule has 1 aliphatic carbocycles. The molecule has 1 fully saturated rings. The molecule has 0 N–H and O–H groups in total. The van der Waals surface area contributed by atoms with Crippen LogP contribution in [0.1, 0.15) is 17.0 Å². The summed E-state index contributed by atoms with van der Waals surface area (Å²) >= 11 is 0. The molecule has 0 unspecified atom stereocenters. The average Bonchev–Trinajstić information content (AvgIpc) is 3.09. The van der Waals surface area contributed by atoms with Crippen molar-refractivity contribution in [2.45, 2.75) is 25.2 Å². The Kier molecular flexibility index (Phi) is 3.47. The molecule has 1 aromatic carbocycles. The van der Waals surface area contributed by atoms with Crippen LogP contribution in [0.25, 0.3) is 16.6 Å². The number of piperazine rings is 1. The van der Waals surface area contributed by atoms with Crippen molar-refractivity contribution in [2.75, 3.05) is 38.1 Å². The molecule has 3 aromatic rings. The third-order valence-electron chi connectivity index (χ3n) is 5.58. The van der Waals surface area contributed by atoms with E-state index in [1.165, 1.54) is 6.07 Å². The summed E-state index contributed by atoms with van der Waals surface area (Å²) in [5.74, 6) is -7.32. The minimum atomic E-state index is -4.21. The van der Waals surface area contributed by atoms with Crippen LogP contribution in [0.5, 0.6) is 0 Å². The highest BCUT2D eigenvalue weighted by Crippen LogP contribution is 2.52. The monoisotopic (exact) mass is 394 g/mol. The number of aromatic nitrogens is 4. The number of rotatable bonds is 1. The van der Waals surface area contributed by atoms with E-state index >= 15 is 0 Å². The zero-order valence-corrected chi connectivity index (χ0v) is 15.4. The van der Waals surface area contributed by atoms with E-state index in [4.69, 9.17) is 0 Å². The number of anilines is 1. The first kappa shape index (κ1) is 17.6. The molecule has 10 heteroatoms. The van der Waals surface area contributed by atoms with Crippen molar-refractivity contribution in [1.29, 1.82) is 0 Å². The molecule has 28 heavy (non-hydrogen) atoms. The van der Waals surface area contributed by atoms with Gasteiger partial charge in [0.15, 0.2) is 5.65 Å². The van der Waals surface area contributed by atoms with E-state index in [9.17, 15) is 17.6 Å². The van der Waals surface area contributed by atoms with E-state index in [2.05, 4.69) is 20.0 Å². The normalized spacial score (nSPS) is 21.6. The van der Waals surface area contributed by atoms with Crippen LogP contribution in [0.4, 0.5) is 23.5 Å². The third kappa shape index (κ3) is 2.33. The zero-order valence-electron chi connectivity index (χ0n) is 15.4. The Balaban J connectivity index is 1.75. The maximum absolute atomic E-state index is 14.2. The van der Waals surface area contributed by atoms with Gasteiger partial charge in [0, 0.05) is 43.5 Å². The van der Waals surface area contributed by atoms with Crippen molar-refractivity contribution < 1.29 is 17.6 Å². The van der Waals surface area contributed by atoms with Gasteiger partial charge in [-0.1, -0.05) is 0 Å². The molecule has 2 aliphatic rings. The number of hydrogen-bond acceptors (Lipinski definition) is 5. The van der Waals surface area contributed by atoms with Gasteiger partial charge >= 0.3 is 11.8 Å². The summed E-state index contributed by atoms with van der Waals surface area (Å²) in [6.07, 6.45) is -0.995. The van der Waals surface area contributed by atoms with Crippen molar-refractivity contribution >= 4 is 22.5 Å². The fourth-order valence-electron chi connectivity index (χ4n) is 3.99. The SMILES string of the molecule is Cc1nc2c3cc4c(cc3nc(N3CCN(C)CC3)n2n1)C(F)(F)C(F)(F)C4. The summed E-state index contributed by atoms with van der Waals surface area (Å²) in [6, 6.07) is 2.46. The molecular formula is C18H18F4N6. The van der Waals surface area contributed by atoms with Gasteiger partial charge in [0.25, 0.3) is 0 Å². The van der Waals surface area contributed by atoms with Crippen LogP contribution < -0.4 is 4.90 Å². The molecule has 148 valence electrons. The molecule has 0 saturated carbocycles. The summed E-state index contributed by atoms with van der Waals surface area (Å²) in [6.45, 7) is 4.76. The lowest BCUT2D eigenvalue weighted by molar-refractivity contribution is -0.202. The van der Waals surface area contributed by atoms with Gasteiger partial charge in [0.05, 0.1) is 5.52 Å². The number of benzene rings is 1. The number of alkyl halides is 4. The number of aryl methyl sites for hydroxylation is 1. The lowest BCUT2D eigenvalue weighted by Gasteiger charge is -2.33. The fraction of sp³-hybridized carbons (Fsp3) is 0.500. The van der Waals surface area contributed by atoms with Gasteiger partial charge in [-0.05, 0) is 31.7 Å². The molecule has 0 spiro atoms. The summed E-state index contributed by atoms with van der Waals surface area (Å²) in [5, 5.41) is 4.85. The molecule has 0 amide bonds. The second-order valence-electron chi connectivity index (χ2n) is 7.58. The predicted molar refractivity (Wildman–Crippen MR) is 95.3 cm³/mol. The smallest absolute Gasteiger partial charge is 0.336 e. The van der Waals surface area contributed by atoms with Crippen LogP contribution in [-0.4, -0.2) is 63.6 Å². The quantitative estimate of drug-likeness (QED) is 0.594.